The van der Waals surface area contributed by atoms with Crippen LogP contribution in [-0.2, 0) is 0 Å². The molecule has 1 aromatic carbocycles. The fraction of sp³-hybridized carbons (Fsp3) is 0. The van der Waals surface area contributed by atoms with Crippen LogP contribution in [0.5, 0.6) is 0 Å². The molecule has 0 amide bonds. The molecule has 0 aliphatic heterocycles. The number of hydrogen-bond acceptors (Lipinski definition) is 1. The van der Waals surface area contributed by atoms with Crippen LogP contribution in [0.25, 0.3) is 6.08 Å². The van der Waals surface area contributed by atoms with E-state index in [9.17, 15) is 4.79 Å². The van der Waals surface area contributed by atoms with Crippen molar-refractivity contribution in [3.05, 3.63) is 40.4 Å². The molecule has 3 heteroatoms. The first-order valence-corrected chi connectivity index (χ1v) is 4.10. The van der Waals surface area contributed by atoms with Gasteiger partial charge >= 0.3 is 5.97 Å². The van der Waals surface area contributed by atoms with Crippen molar-refractivity contribution in [3.8, 4) is 0 Å². The Kier molecular flexibility index (Phi) is 2.65. The van der Waals surface area contributed by atoms with Crippen molar-refractivity contribution >= 4 is 28.0 Å². The number of benzene rings is 1. The fourth-order valence-electron chi connectivity index (χ4n) is 0.873. The highest BCUT2D eigenvalue weighted by Gasteiger charge is 2.08. The minimum Gasteiger partial charge on any atom is -0.478 e. The lowest BCUT2D eigenvalue weighted by Gasteiger charge is -2.01. The summed E-state index contributed by atoms with van der Waals surface area (Å²) in [5.41, 5.74) is 1.04. The van der Waals surface area contributed by atoms with E-state index in [1.807, 2.05) is 0 Å². The molecule has 0 aromatic heterocycles. The molecule has 0 radical (unpaired) electrons. The largest absolute Gasteiger partial charge is 0.478 e. The molecule has 0 fully saturated rings. The number of aromatic carboxylic acids is 1. The van der Waals surface area contributed by atoms with Gasteiger partial charge in [-0.2, -0.15) is 0 Å². The molecule has 1 N–H and O–H groups in total. The Morgan fingerprint density at radius 3 is 2.75 bits per heavy atom. The third-order valence-electron chi connectivity index (χ3n) is 1.48. The van der Waals surface area contributed by atoms with Gasteiger partial charge in [-0.25, -0.2) is 4.79 Å². The summed E-state index contributed by atoms with van der Waals surface area (Å²) in [5.74, 6) is -0.939. The molecule has 0 heterocycles. The summed E-state index contributed by atoms with van der Waals surface area (Å²) in [6.45, 7) is 3.57. The molecule has 2 nitrogen and oxygen atoms in total. The van der Waals surface area contributed by atoms with Gasteiger partial charge in [0.2, 0.25) is 0 Å². The highest BCUT2D eigenvalue weighted by Crippen LogP contribution is 2.22. The minimum absolute atomic E-state index is 0.257. The summed E-state index contributed by atoms with van der Waals surface area (Å²) in [6.07, 6.45) is 1.61. The Morgan fingerprint density at radius 1 is 1.58 bits per heavy atom. The van der Waals surface area contributed by atoms with E-state index in [2.05, 4.69) is 22.5 Å². The monoisotopic (exact) mass is 226 g/mol. The van der Waals surface area contributed by atoms with Gasteiger partial charge in [-0.3, -0.25) is 0 Å². The van der Waals surface area contributed by atoms with E-state index in [1.54, 1.807) is 24.3 Å². The zero-order chi connectivity index (χ0) is 9.14. The van der Waals surface area contributed by atoms with Crippen LogP contribution in [0, 0.1) is 0 Å². The average Bonchev–Trinajstić information content (AvgIpc) is 2.04. The lowest BCUT2D eigenvalue weighted by molar-refractivity contribution is 0.0696. The van der Waals surface area contributed by atoms with Gasteiger partial charge in [0.05, 0.1) is 5.56 Å². The van der Waals surface area contributed by atoms with Crippen LogP contribution in [0.4, 0.5) is 0 Å². The molecular weight excluding hydrogens is 220 g/mol. The maximum atomic E-state index is 10.6. The van der Waals surface area contributed by atoms with E-state index in [1.165, 1.54) is 0 Å². The smallest absolute Gasteiger partial charge is 0.336 e. The summed E-state index contributed by atoms with van der Waals surface area (Å²) >= 11 is 3.19. The number of hydrogen-bond donors (Lipinski definition) is 1. The Balaban J connectivity index is 3.32. The summed E-state index contributed by atoms with van der Waals surface area (Å²) in [7, 11) is 0. The highest BCUT2D eigenvalue weighted by molar-refractivity contribution is 9.10. The topological polar surface area (TPSA) is 37.3 Å². The van der Waals surface area contributed by atoms with Gasteiger partial charge in [0.1, 0.15) is 0 Å². The molecule has 1 rings (SSSR count). The fourth-order valence-corrected chi connectivity index (χ4v) is 1.47. The second-order valence-electron chi connectivity index (χ2n) is 2.22. The molecule has 0 aliphatic rings. The Morgan fingerprint density at radius 2 is 2.25 bits per heavy atom. The lowest BCUT2D eigenvalue weighted by atomic mass is 10.1. The molecule has 0 unspecified atom stereocenters. The Labute approximate surface area is 78.7 Å². The van der Waals surface area contributed by atoms with Gasteiger partial charge in [0.25, 0.3) is 0 Å². The van der Waals surface area contributed by atoms with Crippen LogP contribution in [0.15, 0.2) is 29.3 Å². The van der Waals surface area contributed by atoms with Gasteiger partial charge in [-0.15, -0.1) is 0 Å². The van der Waals surface area contributed by atoms with Crippen LogP contribution >= 0.6 is 15.9 Å². The van der Waals surface area contributed by atoms with E-state index < -0.39 is 5.97 Å². The van der Waals surface area contributed by atoms with Crippen LogP contribution < -0.4 is 0 Å². The van der Waals surface area contributed by atoms with E-state index in [-0.39, 0.29) is 5.56 Å². The van der Waals surface area contributed by atoms with Crippen LogP contribution in [0.2, 0.25) is 0 Å². The first-order chi connectivity index (χ1) is 5.66. The maximum absolute atomic E-state index is 10.6. The van der Waals surface area contributed by atoms with Gasteiger partial charge in [0, 0.05) is 4.47 Å². The minimum atomic E-state index is -0.939. The molecule has 0 saturated carbocycles. The molecule has 1 aromatic rings. The first kappa shape index (κ1) is 9.00. The summed E-state index contributed by atoms with van der Waals surface area (Å²) < 4.78 is 0.576. The summed E-state index contributed by atoms with van der Waals surface area (Å²) in [5, 5.41) is 8.72. The molecule has 62 valence electrons. The van der Waals surface area contributed by atoms with E-state index in [0.29, 0.717) is 4.47 Å². The summed E-state index contributed by atoms with van der Waals surface area (Å²) in [4.78, 5) is 10.6. The van der Waals surface area contributed by atoms with Crippen molar-refractivity contribution in [2.45, 2.75) is 0 Å². The third-order valence-corrected chi connectivity index (χ3v) is 2.36. The number of carboxylic acids is 1. The molecular formula is C9H7BrO2. The van der Waals surface area contributed by atoms with Crippen molar-refractivity contribution in [1.29, 1.82) is 0 Å². The van der Waals surface area contributed by atoms with Crippen LogP contribution in [0.3, 0.4) is 0 Å². The van der Waals surface area contributed by atoms with Crippen molar-refractivity contribution < 1.29 is 9.90 Å². The van der Waals surface area contributed by atoms with E-state index >= 15 is 0 Å². The van der Waals surface area contributed by atoms with Crippen molar-refractivity contribution in [3.63, 3.8) is 0 Å². The quantitative estimate of drug-likeness (QED) is 0.843. The number of carboxylic acid groups (broad SMARTS) is 1. The van der Waals surface area contributed by atoms with Crippen molar-refractivity contribution in [2.24, 2.45) is 0 Å². The highest BCUT2D eigenvalue weighted by atomic mass is 79.9. The first-order valence-electron chi connectivity index (χ1n) is 3.31. The number of carbonyl (C=O) groups is 1. The molecule has 0 atom stereocenters. The zero-order valence-corrected chi connectivity index (χ0v) is 7.84. The average molecular weight is 227 g/mol. The van der Waals surface area contributed by atoms with Gasteiger partial charge < -0.3 is 5.11 Å². The predicted molar refractivity (Wildman–Crippen MR) is 51.2 cm³/mol. The third kappa shape index (κ3) is 1.56. The molecule has 0 spiro atoms. The van der Waals surface area contributed by atoms with Gasteiger partial charge in [0.15, 0.2) is 0 Å². The van der Waals surface area contributed by atoms with Crippen molar-refractivity contribution in [1.82, 2.24) is 0 Å². The molecule has 0 bridgehead atoms. The molecule has 0 aliphatic carbocycles. The van der Waals surface area contributed by atoms with Crippen LogP contribution in [0.1, 0.15) is 15.9 Å². The van der Waals surface area contributed by atoms with Crippen LogP contribution in [-0.4, -0.2) is 11.1 Å². The second kappa shape index (κ2) is 3.54. The second-order valence-corrected chi connectivity index (χ2v) is 3.01. The van der Waals surface area contributed by atoms with E-state index in [0.717, 1.165) is 5.56 Å². The van der Waals surface area contributed by atoms with E-state index in [4.69, 9.17) is 5.11 Å². The summed E-state index contributed by atoms with van der Waals surface area (Å²) in [6, 6.07) is 5.02. The van der Waals surface area contributed by atoms with Crippen molar-refractivity contribution in [2.75, 3.05) is 0 Å². The normalized spacial score (nSPS) is 9.42. The SMILES string of the molecule is C=Cc1cccc(C(=O)O)c1Br. The Hall–Kier alpha value is -1.09. The molecule has 0 saturated heterocycles. The number of rotatable bonds is 2. The lowest BCUT2D eigenvalue weighted by Crippen LogP contribution is -1.97. The maximum Gasteiger partial charge on any atom is 0.336 e. The zero-order valence-electron chi connectivity index (χ0n) is 6.25. The number of halogens is 1. The molecule has 12 heavy (non-hydrogen) atoms. The predicted octanol–water partition coefficient (Wildman–Crippen LogP) is 2.79. The van der Waals surface area contributed by atoms with Gasteiger partial charge in [-0.1, -0.05) is 24.8 Å². The Bertz CT molecular complexity index is 331. The standard InChI is InChI=1S/C9H7BrO2/c1-2-6-4-3-5-7(8(6)10)9(11)12/h2-5H,1H2,(H,11,12). The van der Waals surface area contributed by atoms with Gasteiger partial charge in [-0.05, 0) is 27.6 Å².